The molecule has 0 aliphatic carbocycles. The molecule has 0 saturated carbocycles. The molecule has 1 aromatic carbocycles. The molecule has 2 aromatic rings. The first kappa shape index (κ1) is 13.7. The van der Waals surface area contributed by atoms with E-state index < -0.39 is 0 Å². The topological polar surface area (TPSA) is 34.1 Å². The predicted molar refractivity (Wildman–Crippen MR) is 78.9 cm³/mol. The van der Waals surface area contributed by atoms with Crippen LogP contribution in [0, 0.1) is 6.92 Å². The number of nitrogens with one attached hydrogen (secondary N) is 1. The summed E-state index contributed by atoms with van der Waals surface area (Å²) < 4.78 is 5.47. The number of hydrogen-bond acceptors (Lipinski definition) is 3. The number of ether oxygens (including phenoxy) is 1. The first-order valence-electron chi connectivity index (χ1n) is 6.27. The molecule has 0 saturated heterocycles. The van der Waals surface area contributed by atoms with Crippen LogP contribution in [-0.4, -0.2) is 11.6 Å². The smallest absolute Gasteiger partial charge is 0.237 e. The summed E-state index contributed by atoms with van der Waals surface area (Å²) in [5.41, 5.74) is 3.10. The molecule has 0 radical (unpaired) electrons. The van der Waals surface area contributed by atoms with Gasteiger partial charge >= 0.3 is 0 Å². The second kappa shape index (κ2) is 6.43. The van der Waals surface area contributed by atoms with Gasteiger partial charge in [0.25, 0.3) is 0 Å². The Labute approximate surface area is 118 Å². The van der Waals surface area contributed by atoms with E-state index >= 15 is 0 Å². The molecule has 0 aliphatic rings. The zero-order valence-corrected chi connectivity index (χ0v) is 11.9. The van der Waals surface area contributed by atoms with Crippen molar-refractivity contribution in [1.29, 1.82) is 0 Å². The Morgan fingerprint density at radius 3 is 2.89 bits per heavy atom. The number of anilines is 1. The zero-order chi connectivity index (χ0) is 13.7. The highest BCUT2D eigenvalue weighted by molar-refractivity contribution is 6.31. The van der Waals surface area contributed by atoms with Crippen molar-refractivity contribution in [3.8, 4) is 5.88 Å². The summed E-state index contributed by atoms with van der Waals surface area (Å²) in [4.78, 5) is 4.20. The molecule has 0 atom stereocenters. The molecular weight excluding hydrogens is 260 g/mol. The van der Waals surface area contributed by atoms with Gasteiger partial charge in [0.1, 0.15) is 0 Å². The van der Waals surface area contributed by atoms with Crippen molar-refractivity contribution in [3.63, 3.8) is 0 Å². The Morgan fingerprint density at radius 2 is 2.16 bits per heavy atom. The van der Waals surface area contributed by atoms with Crippen LogP contribution < -0.4 is 10.1 Å². The van der Waals surface area contributed by atoms with E-state index in [9.17, 15) is 0 Å². The third-order valence-corrected chi connectivity index (χ3v) is 3.18. The molecule has 0 amide bonds. The molecule has 0 fully saturated rings. The molecule has 0 spiro atoms. The lowest BCUT2D eigenvalue weighted by atomic mass is 10.1. The summed E-state index contributed by atoms with van der Waals surface area (Å²) in [6.45, 7) is 5.22. The van der Waals surface area contributed by atoms with Crippen LogP contribution in [0.1, 0.15) is 18.1 Å². The van der Waals surface area contributed by atoms with Gasteiger partial charge in [-0.3, -0.25) is 0 Å². The molecule has 1 heterocycles. The van der Waals surface area contributed by atoms with Gasteiger partial charge in [-0.15, -0.1) is 0 Å². The number of aryl methyl sites for hydroxylation is 1. The third-order valence-electron chi connectivity index (χ3n) is 2.77. The minimum absolute atomic E-state index is 0.599. The van der Waals surface area contributed by atoms with Gasteiger partial charge in [-0.2, -0.15) is 0 Å². The lowest BCUT2D eigenvalue weighted by Crippen LogP contribution is -2.04. The van der Waals surface area contributed by atoms with E-state index in [1.165, 1.54) is 0 Å². The van der Waals surface area contributed by atoms with E-state index in [1.807, 2.05) is 38.1 Å². The van der Waals surface area contributed by atoms with Gasteiger partial charge in [0.05, 0.1) is 12.3 Å². The van der Waals surface area contributed by atoms with Gasteiger partial charge in [-0.25, -0.2) is 4.98 Å². The fourth-order valence-electron chi connectivity index (χ4n) is 1.72. The van der Waals surface area contributed by atoms with Crippen molar-refractivity contribution in [3.05, 3.63) is 52.7 Å². The van der Waals surface area contributed by atoms with Crippen LogP contribution in [0.25, 0.3) is 0 Å². The molecule has 1 aromatic heterocycles. The Hall–Kier alpha value is -1.74. The highest BCUT2D eigenvalue weighted by Crippen LogP contribution is 2.22. The molecule has 0 unspecified atom stereocenters. The van der Waals surface area contributed by atoms with Gasteiger partial charge in [-0.1, -0.05) is 23.7 Å². The summed E-state index contributed by atoms with van der Waals surface area (Å²) in [6.07, 6.45) is 1.72. The van der Waals surface area contributed by atoms with Crippen LogP contribution in [0.5, 0.6) is 5.88 Å². The molecule has 100 valence electrons. The van der Waals surface area contributed by atoms with Crippen LogP contribution in [0.3, 0.4) is 0 Å². The largest absolute Gasteiger partial charge is 0.476 e. The Balaban J connectivity index is 2.07. The predicted octanol–water partition coefficient (Wildman–Crippen LogP) is 4.05. The normalized spacial score (nSPS) is 10.3. The van der Waals surface area contributed by atoms with E-state index in [0.717, 1.165) is 21.8 Å². The maximum absolute atomic E-state index is 6.11. The van der Waals surface area contributed by atoms with E-state index in [2.05, 4.69) is 16.4 Å². The molecule has 19 heavy (non-hydrogen) atoms. The standard InChI is InChI=1S/C15H17ClN2O/c1-3-19-15-14(5-4-8-17-15)18-10-12-7-6-11(2)13(16)9-12/h4-9,18H,3,10H2,1-2H3. The monoisotopic (exact) mass is 276 g/mol. The molecule has 0 aliphatic heterocycles. The lowest BCUT2D eigenvalue weighted by Gasteiger charge is -2.11. The van der Waals surface area contributed by atoms with Gasteiger partial charge in [-0.05, 0) is 43.2 Å². The fraction of sp³-hybridized carbons (Fsp3) is 0.267. The molecular formula is C15H17ClN2O. The Bertz CT molecular complexity index is 558. The number of nitrogens with zero attached hydrogens (tertiary/aromatic N) is 1. The third kappa shape index (κ3) is 3.61. The van der Waals surface area contributed by atoms with E-state index in [0.29, 0.717) is 19.0 Å². The minimum atomic E-state index is 0.599. The lowest BCUT2D eigenvalue weighted by molar-refractivity contribution is 0.328. The number of pyridine rings is 1. The van der Waals surface area contributed by atoms with Crippen LogP contribution in [0.4, 0.5) is 5.69 Å². The zero-order valence-electron chi connectivity index (χ0n) is 11.1. The summed E-state index contributed by atoms with van der Waals surface area (Å²) >= 11 is 6.11. The van der Waals surface area contributed by atoms with Crippen molar-refractivity contribution in [2.75, 3.05) is 11.9 Å². The number of aromatic nitrogens is 1. The molecule has 3 nitrogen and oxygen atoms in total. The SMILES string of the molecule is CCOc1ncccc1NCc1ccc(C)c(Cl)c1. The van der Waals surface area contributed by atoms with Crippen LogP contribution >= 0.6 is 11.6 Å². The first-order chi connectivity index (χ1) is 9.20. The van der Waals surface area contributed by atoms with Crippen LogP contribution in [-0.2, 0) is 6.54 Å². The second-order valence-corrected chi connectivity index (χ2v) is 4.63. The van der Waals surface area contributed by atoms with Gasteiger partial charge in [0.2, 0.25) is 5.88 Å². The average molecular weight is 277 g/mol. The number of hydrogen-bond donors (Lipinski definition) is 1. The minimum Gasteiger partial charge on any atom is -0.476 e. The maximum atomic E-state index is 6.11. The summed E-state index contributed by atoms with van der Waals surface area (Å²) in [5.74, 6) is 0.628. The highest BCUT2D eigenvalue weighted by Gasteiger charge is 2.04. The van der Waals surface area contributed by atoms with E-state index in [4.69, 9.17) is 16.3 Å². The van der Waals surface area contributed by atoms with Crippen molar-refractivity contribution in [1.82, 2.24) is 4.98 Å². The molecule has 2 rings (SSSR count). The summed E-state index contributed by atoms with van der Waals surface area (Å²) in [7, 11) is 0. The molecule has 1 N–H and O–H groups in total. The quantitative estimate of drug-likeness (QED) is 0.894. The average Bonchev–Trinajstić information content (AvgIpc) is 2.42. The van der Waals surface area contributed by atoms with Crippen LogP contribution in [0.15, 0.2) is 36.5 Å². The van der Waals surface area contributed by atoms with Crippen molar-refractivity contribution in [2.24, 2.45) is 0 Å². The second-order valence-electron chi connectivity index (χ2n) is 4.23. The summed E-state index contributed by atoms with van der Waals surface area (Å²) in [5, 5.41) is 4.10. The van der Waals surface area contributed by atoms with Crippen molar-refractivity contribution >= 4 is 17.3 Å². The first-order valence-corrected chi connectivity index (χ1v) is 6.65. The van der Waals surface area contributed by atoms with Crippen molar-refractivity contribution in [2.45, 2.75) is 20.4 Å². The van der Waals surface area contributed by atoms with Gasteiger partial charge < -0.3 is 10.1 Å². The van der Waals surface area contributed by atoms with Gasteiger partial charge in [0.15, 0.2) is 0 Å². The van der Waals surface area contributed by atoms with E-state index in [1.54, 1.807) is 6.20 Å². The number of benzene rings is 1. The summed E-state index contributed by atoms with van der Waals surface area (Å²) in [6, 6.07) is 9.89. The van der Waals surface area contributed by atoms with Crippen molar-refractivity contribution < 1.29 is 4.74 Å². The Kier molecular flexibility index (Phi) is 4.63. The van der Waals surface area contributed by atoms with Crippen LogP contribution in [0.2, 0.25) is 5.02 Å². The Morgan fingerprint density at radius 1 is 1.32 bits per heavy atom. The van der Waals surface area contributed by atoms with E-state index in [-0.39, 0.29) is 0 Å². The number of rotatable bonds is 5. The maximum Gasteiger partial charge on any atom is 0.237 e. The molecule has 0 bridgehead atoms. The van der Waals surface area contributed by atoms with Gasteiger partial charge in [0, 0.05) is 17.8 Å². The fourth-order valence-corrected chi connectivity index (χ4v) is 1.92. The highest BCUT2D eigenvalue weighted by atomic mass is 35.5. The molecule has 4 heteroatoms. The number of halogens is 1.